The van der Waals surface area contributed by atoms with Gasteiger partial charge in [0.1, 0.15) is 28.9 Å². The molecule has 9 nitrogen and oxygen atoms in total. The van der Waals surface area contributed by atoms with E-state index in [2.05, 4.69) is 11.1 Å². The van der Waals surface area contributed by atoms with E-state index in [4.69, 9.17) is 14.5 Å². The SMILES string of the molecule is CCCn1c(=NC(=O)c2cc(OC)cc(OC)c2)c(C#N)cc2c(=O)n3cccc(C)c3nc21. The van der Waals surface area contributed by atoms with E-state index in [1.165, 1.54) is 24.7 Å². The summed E-state index contributed by atoms with van der Waals surface area (Å²) in [5.74, 6) is 0.302. The van der Waals surface area contributed by atoms with Crippen LogP contribution in [0.4, 0.5) is 0 Å². The van der Waals surface area contributed by atoms with Crippen molar-refractivity contribution in [3.05, 3.63) is 75.1 Å². The van der Waals surface area contributed by atoms with E-state index in [1.54, 1.807) is 35.0 Å². The van der Waals surface area contributed by atoms with Crippen LogP contribution >= 0.6 is 0 Å². The van der Waals surface area contributed by atoms with Crippen molar-refractivity contribution in [2.45, 2.75) is 26.8 Å². The number of aromatic nitrogens is 3. The number of rotatable bonds is 5. The molecule has 0 spiro atoms. The maximum absolute atomic E-state index is 13.2. The zero-order chi connectivity index (χ0) is 24.4. The average molecular weight is 457 g/mol. The molecular weight excluding hydrogens is 434 g/mol. The Bertz CT molecular complexity index is 1590. The molecule has 3 aromatic heterocycles. The molecule has 0 saturated carbocycles. The second kappa shape index (κ2) is 9.19. The Morgan fingerprint density at radius 2 is 1.85 bits per heavy atom. The molecule has 9 heteroatoms. The highest BCUT2D eigenvalue weighted by molar-refractivity contribution is 5.96. The second-order valence-electron chi connectivity index (χ2n) is 7.70. The summed E-state index contributed by atoms with van der Waals surface area (Å²) in [7, 11) is 2.98. The van der Waals surface area contributed by atoms with E-state index in [9.17, 15) is 14.9 Å². The molecule has 0 bridgehead atoms. The lowest BCUT2D eigenvalue weighted by molar-refractivity contribution is 0.0996. The fraction of sp³-hybridized carbons (Fsp3) is 0.240. The highest BCUT2D eigenvalue weighted by Crippen LogP contribution is 2.23. The molecule has 1 aromatic carbocycles. The Labute approximate surface area is 195 Å². The van der Waals surface area contributed by atoms with Gasteiger partial charge in [-0.25, -0.2) is 4.98 Å². The number of carbonyl (C=O) groups excluding carboxylic acids is 1. The van der Waals surface area contributed by atoms with Crippen LogP contribution in [-0.4, -0.2) is 34.1 Å². The molecule has 3 heterocycles. The Balaban J connectivity index is 2.07. The van der Waals surface area contributed by atoms with Gasteiger partial charge in [0.15, 0.2) is 5.49 Å². The van der Waals surface area contributed by atoms with E-state index in [-0.39, 0.29) is 27.6 Å². The number of nitrogens with zero attached hydrogens (tertiary/aromatic N) is 5. The lowest BCUT2D eigenvalue weighted by Crippen LogP contribution is -2.29. The van der Waals surface area contributed by atoms with Gasteiger partial charge in [0.05, 0.1) is 25.2 Å². The Morgan fingerprint density at radius 1 is 1.15 bits per heavy atom. The van der Waals surface area contributed by atoms with Crippen molar-refractivity contribution in [2.24, 2.45) is 4.99 Å². The summed E-state index contributed by atoms with van der Waals surface area (Å²) in [6.45, 7) is 4.23. The number of pyridine rings is 2. The number of aryl methyl sites for hydroxylation is 2. The van der Waals surface area contributed by atoms with Crippen LogP contribution in [-0.2, 0) is 6.54 Å². The number of hydrogen-bond acceptors (Lipinski definition) is 6. The lowest BCUT2D eigenvalue weighted by Gasteiger charge is -2.13. The molecule has 4 aromatic rings. The highest BCUT2D eigenvalue weighted by atomic mass is 16.5. The van der Waals surface area contributed by atoms with Gasteiger partial charge in [-0.1, -0.05) is 13.0 Å². The van der Waals surface area contributed by atoms with Crippen LogP contribution < -0.4 is 20.5 Å². The topological polar surface area (TPSA) is 111 Å². The van der Waals surface area contributed by atoms with Gasteiger partial charge in [0.25, 0.3) is 11.5 Å². The number of methoxy groups -OCH3 is 2. The first-order valence-electron chi connectivity index (χ1n) is 10.7. The van der Waals surface area contributed by atoms with Gasteiger partial charge in [-0.2, -0.15) is 10.3 Å². The van der Waals surface area contributed by atoms with Crippen LogP contribution in [0.2, 0.25) is 0 Å². The molecule has 4 rings (SSSR count). The van der Waals surface area contributed by atoms with Crippen molar-refractivity contribution in [2.75, 3.05) is 14.2 Å². The first kappa shape index (κ1) is 22.7. The van der Waals surface area contributed by atoms with Gasteiger partial charge < -0.3 is 14.0 Å². The smallest absolute Gasteiger partial charge is 0.279 e. The molecule has 0 unspecified atom stereocenters. The minimum absolute atomic E-state index is 0.107. The Kier molecular flexibility index (Phi) is 6.15. The summed E-state index contributed by atoms with van der Waals surface area (Å²) >= 11 is 0. The largest absolute Gasteiger partial charge is 0.497 e. The Hall–Kier alpha value is -4.45. The fourth-order valence-corrected chi connectivity index (χ4v) is 3.82. The van der Waals surface area contributed by atoms with Crippen LogP contribution in [0.3, 0.4) is 0 Å². The van der Waals surface area contributed by atoms with Gasteiger partial charge in [0, 0.05) is 24.4 Å². The summed E-state index contributed by atoms with van der Waals surface area (Å²) in [5.41, 5.74) is 1.90. The maximum Gasteiger partial charge on any atom is 0.279 e. The van der Waals surface area contributed by atoms with E-state index in [1.807, 2.05) is 19.9 Å². The third kappa shape index (κ3) is 3.90. The molecule has 0 aliphatic carbocycles. The quantitative estimate of drug-likeness (QED) is 0.426. The van der Waals surface area contributed by atoms with Crippen molar-refractivity contribution in [3.8, 4) is 17.6 Å². The van der Waals surface area contributed by atoms with E-state index in [0.29, 0.717) is 35.8 Å². The molecule has 0 radical (unpaired) electrons. The molecule has 0 N–H and O–H groups in total. The number of carbonyl (C=O) groups is 1. The van der Waals surface area contributed by atoms with E-state index in [0.717, 1.165) is 5.56 Å². The maximum atomic E-state index is 13.2. The number of nitriles is 1. The second-order valence-corrected chi connectivity index (χ2v) is 7.70. The number of benzene rings is 1. The van der Waals surface area contributed by atoms with E-state index < -0.39 is 5.91 Å². The van der Waals surface area contributed by atoms with Crippen LogP contribution in [0.25, 0.3) is 16.7 Å². The third-order valence-corrected chi connectivity index (χ3v) is 5.48. The monoisotopic (exact) mass is 457 g/mol. The lowest BCUT2D eigenvalue weighted by atomic mass is 10.2. The zero-order valence-electron chi connectivity index (χ0n) is 19.3. The van der Waals surface area contributed by atoms with Crippen LogP contribution in [0.1, 0.15) is 34.8 Å². The molecule has 0 fully saturated rings. The molecule has 1 amide bonds. The number of fused-ring (bicyclic) bond motifs is 2. The van der Waals surface area contributed by atoms with E-state index >= 15 is 0 Å². The van der Waals surface area contributed by atoms with Crippen molar-refractivity contribution >= 4 is 22.6 Å². The minimum atomic E-state index is -0.577. The van der Waals surface area contributed by atoms with Crippen LogP contribution in [0.5, 0.6) is 11.5 Å². The molecular formula is C25H23N5O4. The summed E-state index contributed by atoms with van der Waals surface area (Å²) < 4.78 is 13.6. The number of ether oxygens (including phenoxy) is 2. The Morgan fingerprint density at radius 3 is 2.47 bits per heavy atom. The summed E-state index contributed by atoms with van der Waals surface area (Å²) in [4.78, 5) is 35.4. The van der Waals surface area contributed by atoms with Gasteiger partial charge in [-0.05, 0) is 43.2 Å². The first-order valence-corrected chi connectivity index (χ1v) is 10.7. The molecule has 34 heavy (non-hydrogen) atoms. The minimum Gasteiger partial charge on any atom is -0.497 e. The predicted molar refractivity (Wildman–Crippen MR) is 126 cm³/mol. The normalized spacial score (nSPS) is 11.6. The van der Waals surface area contributed by atoms with Gasteiger partial charge in [-0.15, -0.1) is 0 Å². The first-order chi connectivity index (χ1) is 16.4. The number of hydrogen-bond donors (Lipinski definition) is 0. The van der Waals surface area contributed by atoms with Crippen LogP contribution in [0.15, 0.2) is 52.4 Å². The van der Waals surface area contributed by atoms with Gasteiger partial charge >= 0.3 is 0 Å². The molecule has 172 valence electrons. The van der Waals surface area contributed by atoms with Crippen molar-refractivity contribution in [1.29, 1.82) is 5.26 Å². The third-order valence-electron chi connectivity index (χ3n) is 5.48. The molecule has 0 saturated heterocycles. The highest BCUT2D eigenvalue weighted by Gasteiger charge is 2.16. The van der Waals surface area contributed by atoms with Crippen LogP contribution in [0, 0.1) is 18.3 Å². The predicted octanol–water partition coefficient (Wildman–Crippen LogP) is 3.00. The number of amides is 1. The summed E-state index contributed by atoms with van der Waals surface area (Å²) in [6, 6.07) is 11.9. The fourth-order valence-electron chi connectivity index (χ4n) is 3.82. The summed E-state index contributed by atoms with van der Waals surface area (Å²) in [6.07, 6.45) is 2.32. The van der Waals surface area contributed by atoms with Crippen molar-refractivity contribution in [3.63, 3.8) is 0 Å². The molecule has 0 aliphatic rings. The summed E-state index contributed by atoms with van der Waals surface area (Å²) in [5, 5.41) is 10.1. The zero-order valence-corrected chi connectivity index (χ0v) is 19.3. The molecule has 0 aliphatic heterocycles. The van der Waals surface area contributed by atoms with Crippen molar-refractivity contribution in [1.82, 2.24) is 14.0 Å². The van der Waals surface area contributed by atoms with Gasteiger partial charge in [-0.3, -0.25) is 14.0 Å². The molecule has 0 atom stereocenters. The van der Waals surface area contributed by atoms with Crippen molar-refractivity contribution < 1.29 is 14.3 Å². The average Bonchev–Trinajstić information content (AvgIpc) is 2.85. The standard InChI is InChI=1S/C25H23N5O4/c1-5-8-29-22(28-24(31)16-10-18(33-3)13-19(11-16)34-4)17(14-26)12-20-23(29)27-21-15(2)7-6-9-30(21)25(20)32/h6-7,9-13H,5,8H2,1-4H3. The van der Waals surface area contributed by atoms with Gasteiger partial charge in [0.2, 0.25) is 0 Å².